The molecule has 2 heteroatoms. The predicted octanol–water partition coefficient (Wildman–Crippen LogP) is 1.22. The summed E-state index contributed by atoms with van der Waals surface area (Å²) < 4.78 is 0. The highest BCUT2D eigenvalue weighted by atomic mass is 15.2. The highest BCUT2D eigenvalue weighted by Gasteiger charge is 2.24. The van der Waals surface area contributed by atoms with Crippen LogP contribution in [0.2, 0.25) is 0 Å². The molecule has 1 aliphatic heterocycles. The first kappa shape index (κ1) is 8.52. The molecule has 0 aromatic rings. The molecular weight excluding hydrogens is 148 g/mol. The van der Waals surface area contributed by atoms with Crippen molar-refractivity contribution in [3.63, 3.8) is 0 Å². The Kier molecular flexibility index (Phi) is 2.66. The van der Waals surface area contributed by atoms with E-state index < -0.39 is 0 Å². The molecule has 1 aliphatic carbocycles. The number of nitrogens with zero attached hydrogens (tertiary/aromatic N) is 1. The third-order valence-electron chi connectivity index (χ3n) is 3.37. The Hall–Kier alpha value is -0.0800. The van der Waals surface area contributed by atoms with Crippen molar-refractivity contribution < 1.29 is 0 Å². The largest absolute Gasteiger partial charge is 0.313 e. The average Bonchev–Trinajstić information content (AvgIpc) is 2.34. The zero-order chi connectivity index (χ0) is 8.39. The van der Waals surface area contributed by atoms with Crippen molar-refractivity contribution in [1.29, 1.82) is 0 Å². The summed E-state index contributed by atoms with van der Waals surface area (Å²) >= 11 is 0. The van der Waals surface area contributed by atoms with Gasteiger partial charge in [0.2, 0.25) is 0 Å². The van der Waals surface area contributed by atoms with Gasteiger partial charge in [0, 0.05) is 18.6 Å². The fourth-order valence-electron chi connectivity index (χ4n) is 2.24. The highest BCUT2D eigenvalue weighted by Crippen LogP contribution is 2.24. The predicted molar refractivity (Wildman–Crippen MR) is 51.3 cm³/mol. The van der Waals surface area contributed by atoms with Gasteiger partial charge in [-0.3, -0.25) is 0 Å². The van der Waals surface area contributed by atoms with Crippen LogP contribution in [0.1, 0.15) is 32.1 Å². The van der Waals surface area contributed by atoms with Crippen molar-refractivity contribution in [2.24, 2.45) is 0 Å². The summed E-state index contributed by atoms with van der Waals surface area (Å²) in [6.45, 7) is 2.51. The average molecular weight is 168 g/mol. The van der Waals surface area contributed by atoms with Gasteiger partial charge in [0.05, 0.1) is 0 Å². The maximum absolute atomic E-state index is 3.55. The topological polar surface area (TPSA) is 15.3 Å². The molecular formula is C10H20N2. The second-order valence-electron chi connectivity index (χ2n) is 4.32. The van der Waals surface area contributed by atoms with Crippen LogP contribution in [0.4, 0.5) is 0 Å². The van der Waals surface area contributed by atoms with E-state index in [-0.39, 0.29) is 0 Å². The molecule has 1 unspecified atom stereocenters. The number of likely N-dealkylation sites (N-methyl/N-ethyl adjacent to an activating group) is 1. The van der Waals surface area contributed by atoms with Crippen LogP contribution in [-0.4, -0.2) is 37.1 Å². The van der Waals surface area contributed by atoms with Crippen molar-refractivity contribution in [1.82, 2.24) is 10.2 Å². The van der Waals surface area contributed by atoms with Crippen molar-refractivity contribution in [2.75, 3.05) is 20.1 Å². The molecule has 0 amide bonds. The minimum Gasteiger partial charge on any atom is -0.313 e. The Morgan fingerprint density at radius 1 is 1.25 bits per heavy atom. The van der Waals surface area contributed by atoms with E-state index in [2.05, 4.69) is 17.3 Å². The molecule has 0 radical (unpaired) electrons. The Labute approximate surface area is 75.3 Å². The lowest BCUT2D eigenvalue weighted by atomic mass is 9.91. The molecule has 2 aliphatic rings. The lowest BCUT2D eigenvalue weighted by Gasteiger charge is -2.36. The standard InChI is InChI=1S/C10H20N2/c1-12(10-5-2-6-10)8-9-4-3-7-11-9/h9-11H,2-8H2,1H3. The summed E-state index contributed by atoms with van der Waals surface area (Å²) in [5.74, 6) is 0. The van der Waals surface area contributed by atoms with Gasteiger partial charge in [-0.25, -0.2) is 0 Å². The molecule has 2 fully saturated rings. The van der Waals surface area contributed by atoms with Crippen LogP contribution >= 0.6 is 0 Å². The zero-order valence-electron chi connectivity index (χ0n) is 8.05. The summed E-state index contributed by atoms with van der Waals surface area (Å²) in [5, 5.41) is 3.55. The third-order valence-corrected chi connectivity index (χ3v) is 3.37. The van der Waals surface area contributed by atoms with E-state index in [1.54, 1.807) is 0 Å². The zero-order valence-corrected chi connectivity index (χ0v) is 8.05. The van der Waals surface area contributed by atoms with Gasteiger partial charge >= 0.3 is 0 Å². The molecule has 1 N–H and O–H groups in total. The summed E-state index contributed by atoms with van der Waals surface area (Å²) in [4.78, 5) is 2.55. The molecule has 2 nitrogen and oxygen atoms in total. The monoisotopic (exact) mass is 168 g/mol. The van der Waals surface area contributed by atoms with Crippen molar-refractivity contribution in [2.45, 2.75) is 44.2 Å². The lowest BCUT2D eigenvalue weighted by molar-refractivity contribution is 0.148. The van der Waals surface area contributed by atoms with Crippen LogP contribution in [0.25, 0.3) is 0 Å². The van der Waals surface area contributed by atoms with Gasteiger partial charge in [0.1, 0.15) is 0 Å². The van der Waals surface area contributed by atoms with Crippen LogP contribution < -0.4 is 5.32 Å². The first-order valence-electron chi connectivity index (χ1n) is 5.30. The summed E-state index contributed by atoms with van der Waals surface area (Å²) in [6.07, 6.45) is 7.08. The summed E-state index contributed by atoms with van der Waals surface area (Å²) in [7, 11) is 2.28. The SMILES string of the molecule is CN(CC1CCCN1)C1CCC1. The minimum absolute atomic E-state index is 0.788. The van der Waals surface area contributed by atoms with Crippen LogP contribution in [0.5, 0.6) is 0 Å². The van der Waals surface area contributed by atoms with Crippen molar-refractivity contribution in [3.8, 4) is 0 Å². The molecule has 1 saturated carbocycles. The molecule has 0 aromatic heterocycles. The molecule has 0 aromatic carbocycles. The van der Waals surface area contributed by atoms with E-state index >= 15 is 0 Å². The minimum atomic E-state index is 0.788. The van der Waals surface area contributed by atoms with Gasteiger partial charge in [-0.05, 0) is 39.3 Å². The van der Waals surface area contributed by atoms with E-state index in [9.17, 15) is 0 Å². The van der Waals surface area contributed by atoms with E-state index in [4.69, 9.17) is 0 Å². The Morgan fingerprint density at radius 2 is 2.08 bits per heavy atom. The maximum Gasteiger partial charge on any atom is 0.0195 e. The molecule has 70 valence electrons. The van der Waals surface area contributed by atoms with Gasteiger partial charge in [-0.15, -0.1) is 0 Å². The van der Waals surface area contributed by atoms with Gasteiger partial charge in [0.25, 0.3) is 0 Å². The first-order valence-corrected chi connectivity index (χ1v) is 5.30. The Balaban J connectivity index is 1.69. The lowest BCUT2D eigenvalue weighted by Crippen LogP contribution is -2.43. The number of rotatable bonds is 3. The van der Waals surface area contributed by atoms with Crippen molar-refractivity contribution in [3.05, 3.63) is 0 Å². The number of nitrogens with one attached hydrogen (secondary N) is 1. The molecule has 0 spiro atoms. The normalized spacial score (nSPS) is 31.0. The molecule has 12 heavy (non-hydrogen) atoms. The second-order valence-corrected chi connectivity index (χ2v) is 4.32. The summed E-state index contributed by atoms with van der Waals surface area (Å²) in [5.41, 5.74) is 0. The molecule has 1 atom stereocenters. The maximum atomic E-state index is 3.55. The highest BCUT2D eigenvalue weighted by molar-refractivity contribution is 4.83. The van der Waals surface area contributed by atoms with E-state index in [0.29, 0.717) is 0 Å². The van der Waals surface area contributed by atoms with Crippen LogP contribution in [0, 0.1) is 0 Å². The first-order chi connectivity index (χ1) is 5.86. The fourth-order valence-corrected chi connectivity index (χ4v) is 2.24. The van der Waals surface area contributed by atoms with E-state index in [0.717, 1.165) is 12.1 Å². The number of hydrogen-bond donors (Lipinski definition) is 1. The molecule has 2 rings (SSSR count). The fraction of sp³-hybridized carbons (Fsp3) is 1.00. The molecule has 1 saturated heterocycles. The van der Waals surface area contributed by atoms with E-state index in [1.165, 1.54) is 45.2 Å². The van der Waals surface area contributed by atoms with E-state index in [1.807, 2.05) is 0 Å². The smallest absolute Gasteiger partial charge is 0.0195 e. The third kappa shape index (κ3) is 1.80. The summed E-state index contributed by atoms with van der Waals surface area (Å²) in [6, 6.07) is 1.70. The van der Waals surface area contributed by atoms with Crippen LogP contribution in [0.3, 0.4) is 0 Å². The Morgan fingerprint density at radius 3 is 2.58 bits per heavy atom. The Bertz CT molecular complexity index is 137. The van der Waals surface area contributed by atoms with Gasteiger partial charge < -0.3 is 10.2 Å². The second kappa shape index (κ2) is 3.75. The van der Waals surface area contributed by atoms with Gasteiger partial charge in [0.15, 0.2) is 0 Å². The quantitative estimate of drug-likeness (QED) is 0.681. The molecule has 1 heterocycles. The van der Waals surface area contributed by atoms with Crippen LogP contribution in [0.15, 0.2) is 0 Å². The van der Waals surface area contributed by atoms with Crippen LogP contribution in [-0.2, 0) is 0 Å². The van der Waals surface area contributed by atoms with Gasteiger partial charge in [-0.1, -0.05) is 6.42 Å². The number of hydrogen-bond acceptors (Lipinski definition) is 2. The van der Waals surface area contributed by atoms with Crippen molar-refractivity contribution >= 4 is 0 Å². The molecule has 0 bridgehead atoms. The van der Waals surface area contributed by atoms with Gasteiger partial charge in [-0.2, -0.15) is 0 Å².